The van der Waals surface area contributed by atoms with Gasteiger partial charge in [0.2, 0.25) is 5.91 Å². The number of pyridine rings is 1. The minimum atomic E-state index is -0.207. The second kappa shape index (κ2) is 7.11. The van der Waals surface area contributed by atoms with Crippen molar-refractivity contribution >= 4 is 5.91 Å². The first-order chi connectivity index (χ1) is 8.52. The molecule has 0 aromatic carbocycles. The third-order valence-corrected chi connectivity index (χ3v) is 2.93. The number of rotatable bonds is 6. The van der Waals surface area contributed by atoms with Crippen LogP contribution in [0.4, 0.5) is 0 Å². The molecular weight excluding hydrogens is 226 g/mol. The predicted octanol–water partition coefficient (Wildman–Crippen LogP) is 1.78. The van der Waals surface area contributed by atoms with Gasteiger partial charge in [-0.1, -0.05) is 13.0 Å². The largest absolute Gasteiger partial charge is 0.352 e. The number of amides is 1. The monoisotopic (exact) mass is 249 g/mol. The summed E-state index contributed by atoms with van der Waals surface area (Å²) in [4.78, 5) is 16.2. The van der Waals surface area contributed by atoms with E-state index < -0.39 is 0 Å². The van der Waals surface area contributed by atoms with E-state index in [1.807, 2.05) is 39.0 Å². The van der Waals surface area contributed by atoms with E-state index in [0.29, 0.717) is 6.54 Å². The van der Waals surface area contributed by atoms with Gasteiger partial charge in [0, 0.05) is 18.3 Å². The smallest absolute Gasteiger partial charge is 0.237 e. The first-order valence-electron chi connectivity index (χ1n) is 6.49. The molecule has 0 aliphatic carbocycles. The van der Waals surface area contributed by atoms with Gasteiger partial charge in [-0.3, -0.25) is 9.78 Å². The highest BCUT2D eigenvalue weighted by Crippen LogP contribution is 1.98. The van der Waals surface area contributed by atoms with Crippen LogP contribution in [-0.2, 0) is 11.3 Å². The highest BCUT2D eigenvalue weighted by Gasteiger charge is 2.13. The molecule has 2 atom stereocenters. The van der Waals surface area contributed by atoms with Gasteiger partial charge in [-0.15, -0.1) is 0 Å². The Morgan fingerprint density at radius 2 is 2.11 bits per heavy atom. The van der Waals surface area contributed by atoms with Crippen molar-refractivity contribution in [2.45, 2.75) is 52.7 Å². The van der Waals surface area contributed by atoms with Gasteiger partial charge in [0.25, 0.3) is 0 Å². The Bertz CT molecular complexity index is 392. The van der Waals surface area contributed by atoms with Gasteiger partial charge in [0.1, 0.15) is 0 Å². The van der Waals surface area contributed by atoms with Gasteiger partial charge in [0.15, 0.2) is 0 Å². The Hall–Kier alpha value is -1.42. The SMILES string of the molecule is CCC(C)NC(=O)C(C)NCc1cccc(C)n1. The molecule has 1 aromatic rings. The lowest BCUT2D eigenvalue weighted by molar-refractivity contribution is -0.123. The second-order valence-electron chi connectivity index (χ2n) is 4.69. The molecule has 0 aliphatic rings. The van der Waals surface area contributed by atoms with Crippen molar-refractivity contribution in [1.82, 2.24) is 15.6 Å². The first kappa shape index (κ1) is 14.6. The maximum atomic E-state index is 11.8. The van der Waals surface area contributed by atoms with Crippen LogP contribution in [0.1, 0.15) is 38.6 Å². The minimum Gasteiger partial charge on any atom is -0.352 e. The normalized spacial score (nSPS) is 14.0. The minimum absolute atomic E-state index is 0.0389. The zero-order valence-corrected chi connectivity index (χ0v) is 11.7. The van der Waals surface area contributed by atoms with E-state index in [1.54, 1.807) is 0 Å². The number of carbonyl (C=O) groups is 1. The molecule has 4 nitrogen and oxygen atoms in total. The Labute approximate surface area is 109 Å². The number of hydrogen-bond donors (Lipinski definition) is 2. The number of aromatic nitrogens is 1. The highest BCUT2D eigenvalue weighted by molar-refractivity contribution is 5.81. The van der Waals surface area contributed by atoms with Crippen LogP contribution in [0.2, 0.25) is 0 Å². The predicted molar refractivity (Wildman–Crippen MR) is 73.2 cm³/mol. The summed E-state index contributed by atoms with van der Waals surface area (Å²) in [5, 5.41) is 6.14. The molecule has 0 saturated heterocycles. The van der Waals surface area contributed by atoms with E-state index in [-0.39, 0.29) is 18.0 Å². The van der Waals surface area contributed by atoms with Crippen molar-refractivity contribution in [3.8, 4) is 0 Å². The van der Waals surface area contributed by atoms with E-state index in [9.17, 15) is 4.79 Å². The lowest BCUT2D eigenvalue weighted by Crippen LogP contribution is -2.45. The zero-order valence-electron chi connectivity index (χ0n) is 11.7. The van der Waals surface area contributed by atoms with Crippen molar-refractivity contribution in [3.05, 3.63) is 29.6 Å². The van der Waals surface area contributed by atoms with E-state index in [2.05, 4.69) is 22.5 Å². The summed E-state index contributed by atoms with van der Waals surface area (Å²) >= 11 is 0. The number of nitrogens with one attached hydrogen (secondary N) is 2. The Morgan fingerprint density at radius 1 is 1.39 bits per heavy atom. The Morgan fingerprint density at radius 3 is 2.72 bits per heavy atom. The molecule has 1 rings (SSSR count). The van der Waals surface area contributed by atoms with Crippen LogP contribution in [0.3, 0.4) is 0 Å². The molecule has 100 valence electrons. The molecule has 2 unspecified atom stereocenters. The maximum Gasteiger partial charge on any atom is 0.237 e. The quantitative estimate of drug-likeness (QED) is 0.808. The van der Waals surface area contributed by atoms with Gasteiger partial charge < -0.3 is 10.6 Å². The van der Waals surface area contributed by atoms with Crippen molar-refractivity contribution in [2.75, 3.05) is 0 Å². The molecule has 0 spiro atoms. The van der Waals surface area contributed by atoms with Crippen LogP contribution in [0, 0.1) is 6.92 Å². The van der Waals surface area contributed by atoms with Crippen LogP contribution >= 0.6 is 0 Å². The molecule has 0 radical (unpaired) electrons. The molecule has 1 aromatic heterocycles. The average Bonchev–Trinajstić information content (AvgIpc) is 2.35. The fourth-order valence-electron chi connectivity index (χ4n) is 1.52. The van der Waals surface area contributed by atoms with Crippen molar-refractivity contribution in [2.24, 2.45) is 0 Å². The third-order valence-electron chi connectivity index (χ3n) is 2.93. The molecule has 2 N–H and O–H groups in total. The van der Waals surface area contributed by atoms with Crippen molar-refractivity contribution in [1.29, 1.82) is 0 Å². The molecule has 1 amide bonds. The lowest BCUT2D eigenvalue weighted by Gasteiger charge is -2.17. The summed E-state index contributed by atoms with van der Waals surface area (Å²) in [5.74, 6) is 0.0389. The standard InChI is InChI=1S/C14H23N3O/c1-5-10(2)17-14(18)12(4)15-9-13-8-6-7-11(3)16-13/h6-8,10,12,15H,5,9H2,1-4H3,(H,17,18). The summed E-state index contributed by atoms with van der Waals surface area (Å²) < 4.78 is 0. The van der Waals surface area contributed by atoms with Crippen molar-refractivity contribution in [3.63, 3.8) is 0 Å². The number of nitrogens with zero attached hydrogens (tertiary/aromatic N) is 1. The summed E-state index contributed by atoms with van der Waals surface area (Å²) in [6, 6.07) is 5.91. The lowest BCUT2D eigenvalue weighted by atomic mass is 10.2. The molecular formula is C14H23N3O. The van der Waals surface area contributed by atoms with E-state index in [4.69, 9.17) is 0 Å². The fraction of sp³-hybridized carbons (Fsp3) is 0.571. The molecule has 18 heavy (non-hydrogen) atoms. The van der Waals surface area contributed by atoms with Gasteiger partial charge in [-0.2, -0.15) is 0 Å². The van der Waals surface area contributed by atoms with Crippen LogP contribution in [0.5, 0.6) is 0 Å². The highest BCUT2D eigenvalue weighted by atomic mass is 16.2. The average molecular weight is 249 g/mol. The Kier molecular flexibility index (Phi) is 5.78. The second-order valence-corrected chi connectivity index (χ2v) is 4.69. The molecule has 0 bridgehead atoms. The summed E-state index contributed by atoms with van der Waals surface area (Å²) in [6.45, 7) is 8.50. The van der Waals surface area contributed by atoms with E-state index in [0.717, 1.165) is 17.8 Å². The van der Waals surface area contributed by atoms with E-state index in [1.165, 1.54) is 0 Å². The molecule has 4 heteroatoms. The Balaban J connectivity index is 2.41. The van der Waals surface area contributed by atoms with Gasteiger partial charge >= 0.3 is 0 Å². The fourth-order valence-corrected chi connectivity index (χ4v) is 1.52. The van der Waals surface area contributed by atoms with Gasteiger partial charge in [-0.05, 0) is 39.3 Å². The first-order valence-corrected chi connectivity index (χ1v) is 6.49. The number of carbonyl (C=O) groups excluding carboxylic acids is 1. The summed E-state index contributed by atoms with van der Waals surface area (Å²) in [7, 11) is 0. The van der Waals surface area contributed by atoms with Crippen LogP contribution in [0.25, 0.3) is 0 Å². The van der Waals surface area contributed by atoms with Crippen molar-refractivity contribution < 1.29 is 4.79 Å². The summed E-state index contributed by atoms with van der Waals surface area (Å²) in [6.07, 6.45) is 0.942. The molecule has 0 fully saturated rings. The zero-order chi connectivity index (χ0) is 13.5. The third kappa shape index (κ3) is 4.84. The van der Waals surface area contributed by atoms with Crippen LogP contribution in [-0.4, -0.2) is 23.0 Å². The van der Waals surface area contributed by atoms with Gasteiger partial charge in [0.05, 0.1) is 11.7 Å². The van der Waals surface area contributed by atoms with Gasteiger partial charge in [-0.25, -0.2) is 0 Å². The number of aryl methyl sites for hydroxylation is 1. The van der Waals surface area contributed by atoms with Crippen LogP contribution < -0.4 is 10.6 Å². The van der Waals surface area contributed by atoms with E-state index >= 15 is 0 Å². The molecule has 1 heterocycles. The molecule has 0 saturated carbocycles. The topological polar surface area (TPSA) is 54.0 Å². The summed E-state index contributed by atoms with van der Waals surface area (Å²) in [5.41, 5.74) is 1.95. The maximum absolute atomic E-state index is 11.8. The molecule has 0 aliphatic heterocycles. The number of hydrogen-bond acceptors (Lipinski definition) is 3. The van der Waals surface area contributed by atoms with Crippen LogP contribution in [0.15, 0.2) is 18.2 Å².